The molecule has 0 aromatic rings. The Bertz CT molecular complexity index is 2060. The lowest BCUT2D eigenvalue weighted by molar-refractivity contribution is -0.141. The van der Waals surface area contributed by atoms with Gasteiger partial charge in [-0.1, -0.05) is 21.6 Å². The van der Waals surface area contributed by atoms with Gasteiger partial charge in [-0.3, -0.25) is 76.7 Å². The Hall–Kier alpha value is -8.31. The summed E-state index contributed by atoms with van der Waals surface area (Å²) in [6.45, 7) is -9.28. The second kappa shape index (κ2) is 35.8. The van der Waals surface area contributed by atoms with E-state index in [2.05, 4.69) is 85.1 Å². The van der Waals surface area contributed by atoms with Crippen LogP contribution in [0.2, 0.25) is 0 Å². The summed E-state index contributed by atoms with van der Waals surface area (Å²) in [5, 5.41) is 44.3. The molecule has 0 aromatic heterocycles. The van der Waals surface area contributed by atoms with Crippen molar-refractivity contribution in [3.8, 4) is 0 Å². The summed E-state index contributed by atoms with van der Waals surface area (Å²) in [5.74, 6) is -14.5. The number of nitrogens with one attached hydrogen (secondary N) is 16. The highest BCUT2D eigenvalue weighted by molar-refractivity contribution is 8.76. The van der Waals surface area contributed by atoms with Crippen LogP contribution in [0.25, 0.3) is 0 Å². The van der Waals surface area contributed by atoms with Gasteiger partial charge in [0.2, 0.25) is 94.5 Å². The molecule has 0 radical (unpaired) electrons. The maximum absolute atomic E-state index is 12.3. The Balaban J connectivity index is 2.67. The van der Waals surface area contributed by atoms with Crippen LogP contribution in [0.3, 0.4) is 0 Å². The first-order chi connectivity index (χ1) is 34.1. The largest absolute Gasteiger partial charge is 0.480 e. The number of amides is 16. The van der Waals surface area contributed by atoms with Gasteiger partial charge in [-0.15, -0.1) is 0 Å². The molecule has 0 spiro atoms. The minimum atomic E-state index is -1.40. The highest BCUT2D eigenvalue weighted by Gasteiger charge is 2.21. The summed E-state index contributed by atoms with van der Waals surface area (Å²) in [5.41, 5.74) is 0. The fourth-order valence-electron chi connectivity index (χ4n) is 4.38. The van der Waals surface area contributed by atoms with Crippen LogP contribution in [0.15, 0.2) is 0 Å². The second-order valence-electron chi connectivity index (χ2n) is 14.0. The standard InChI is InChI=1S/C36H54N16O18S2/c53-20-1-2-71-72-18-19(36(69)70)52-35(68)17-51-34(67)16-50-33(66)15-49-32(65)14-48-31(64)13-47-30(63)12-46-29(62)11-45-28(61)10-44-27(60)9-43-26(59)8-42-25(58)7-41-24(57)6-40-23(56)5-39-22(55)4-38-21(54)3-37-20/h19H,1-18H2,(H,37,53)(H,38,54)(H,39,55)(H,40,56)(H,41,57)(H,42,58)(H,43,59)(H,44,60)(H,45,61)(H,46,62)(H,47,63)(H,48,64)(H,49,65)(H,50,66)(H,51,67)(H,52,68)(H,69,70). The molecule has 34 nitrogen and oxygen atoms in total. The van der Waals surface area contributed by atoms with Crippen molar-refractivity contribution in [3.63, 3.8) is 0 Å². The summed E-state index contributed by atoms with van der Waals surface area (Å²) in [6, 6.07) is -1.40. The van der Waals surface area contributed by atoms with Crippen molar-refractivity contribution < 1.29 is 86.6 Å². The zero-order valence-corrected chi connectivity index (χ0v) is 39.6. The van der Waals surface area contributed by atoms with E-state index in [1.54, 1.807) is 0 Å². The van der Waals surface area contributed by atoms with E-state index >= 15 is 0 Å². The van der Waals surface area contributed by atoms with E-state index in [9.17, 15) is 86.6 Å². The molecule has 1 saturated heterocycles. The molecule has 1 aliphatic heterocycles. The molecule has 0 aliphatic carbocycles. The van der Waals surface area contributed by atoms with Crippen LogP contribution >= 0.6 is 21.6 Å². The topological polar surface area (TPSA) is 503 Å². The molecule has 1 heterocycles. The fourth-order valence-corrected chi connectivity index (χ4v) is 6.52. The zero-order valence-electron chi connectivity index (χ0n) is 38.0. The van der Waals surface area contributed by atoms with Gasteiger partial charge in [-0.2, -0.15) is 0 Å². The number of carboxylic acid groups (broad SMARTS) is 1. The first-order valence-corrected chi connectivity index (χ1v) is 23.4. The van der Waals surface area contributed by atoms with Crippen LogP contribution in [-0.2, 0) is 81.5 Å². The second-order valence-corrected chi connectivity index (χ2v) is 16.6. The molecule has 36 heteroatoms. The molecular weight excluding hydrogens is 1010 g/mol. The number of hydrogen-bond acceptors (Lipinski definition) is 19. The van der Waals surface area contributed by atoms with Gasteiger partial charge in [0.25, 0.3) is 0 Å². The number of hydrogen-bond donors (Lipinski definition) is 17. The molecule has 1 rings (SSSR count). The number of carboxylic acids is 1. The Morgan fingerprint density at radius 2 is 0.472 bits per heavy atom. The molecule has 0 bridgehead atoms. The average molecular weight is 1060 g/mol. The highest BCUT2D eigenvalue weighted by Crippen LogP contribution is 2.22. The van der Waals surface area contributed by atoms with E-state index in [4.69, 9.17) is 0 Å². The third kappa shape index (κ3) is 33.2. The minimum absolute atomic E-state index is 0.110. The van der Waals surface area contributed by atoms with Gasteiger partial charge in [-0.25, -0.2) is 4.79 Å². The first-order valence-electron chi connectivity index (χ1n) is 20.9. The molecular formula is C36H54N16O18S2. The molecule has 1 atom stereocenters. The molecule has 0 saturated carbocycles. The van der Waals surface area contributed by atoms with Crippen LogP contribution < -0.4 is 85.1 Å². The lowest BCUT2D eigenvalue weighted by Crippen LogP contribution is -2.49. The molecule has 17 N–H and O–H groups in total. The van der Waals surface area contributed by atoms with Crippen LogP contribution in [0.4, 0.5) is 0 Å². The molecule has 1 aliphatic rings. The van der Waals surface area contributed by atoms with Crippen molar-refractivity contribution in [1.82, 2.24) is 85.1 Å². The summed E-state index contributed by atoms with van der Waals surface area (Å²) < 4.78 is 0. The Kier molecular flexibility index (Phi) is 30.6. The van der Waals surface area contributed by atoms with Gasteiger partial charge in [0.1, 0.15) is 6.04 Å². The van der Waals surface area contributed by atoms with Crippen molar-refractivity contribution >= 4 is 122 Å². The third-order valence-electron chi connectivity index (χ3n) is 8.06. The van der Waals surface area contributed by atoms with Crippen LogP contribution in [0.5, 0.6) is 0 Å². The van der Waals surface area contributed by atoms with Gasteiger partial charge in [0.15, 0.2) is 0 Å². The molecule has 0 aromatic carbocycles. The van der Waals surface area contributed by atoms with E-state index in [0.717, 1.165) is 21.6 Å². The number of carbonyl (C=O) groups is 17. The Morgan fingerprint density at radius 1 is 0.292 bits per heavy atom. The summed E-state index contributed by atoms with van der Waals surface area (Å²) >= 11 is 0. The predicted octanol–water partition coefficient (Wildman–Crippen LogP) is -12.9. The maximum atomic E-state index is 12.3. The molecule has 1 unspecified atom stereocenters. The summed E-state index contributed by atoms with van der Waals surface area (Å²) in [6.07, 6.45) is -0.110. The smallest absolute Gasteiger partial charge is 0.327 e. The summed E-state index contributed by atoms with van der Waals surface area (Å²) in [7, 11) is 2.07. The minimum Gasteiger partial charge on any atom is -0.480 e. The van der Waals surface area contributed by atoms with E-state index < -0.39 is 205 Å². The van der Waals surface area contributed by atoms with Gasteiger partial charge in [-0.05, 0) is 0 Å². The number of aliphatic carboxylic acids is 1. The van der Waals surface area contributed by atoms with Gasteiger partial charge < -0.3 is 90.2 Å². The molecule has 72 heavy (non-hydrogen) atoms. The van der Waals surface area contributed by atoms with Crippen molar-refractivity contribution in [2.24, 2.45) is 0 Å². The van der Waals surface area contributed by atoms with Crippen molar-refractivity contribution in [3.05, 3.63) is 0 Å². The van der Waals surface area contributed by atoms with Gasteiger partial charge >= 0.3 is 5.97 Å². The third-order valence-corrected chi connectivity index (χ3v) is 10.5. The SMILES string of the molecule is O=C1CCSSCC(C(=O)O)NC(=O)CNC(=O)CNC(=O)CNC(=O)CNC(=O)CNC(=O)CNC(=O)CNC(=O)CNC(=O)CNC(=O)CNC(=O)CNC(=O)CNC(=O)CNC(=O)CNC(=O)CN1. The average Bonchev–Trinajstić information content (AvgIpc) is 3.34. The van der Waals surface area contributed by atoms with Crippen molar-refractivity contribution in [2.45, 2.75) is 12.5 Å². The van der Waals surface area contributed by atoms with Crippen LogP contribution in [-0.4, -0.2) is 221 Å². The predicted molar refractivity (Wildman–Crippen MR) is 244 cm³/mol. The van der Waals surface area contributed by atoms with Crippen LogP contribution in [0, 0.1) is 0 Å². The van der Waals surface area contributed by atoms with E-state index in [0.29, 0.717) is 0 Å². The lowest BCUT2D eigenvalue weighted by Gasteiger charge is -2.14. The Morgan fingerprint density at radius 3 is 0.667 bits per heavy atom. The lowest BCUT2D eigenvalue weighted by atomic mass is 10.3. The molecule has 398 valence electrons. The zero-order chi connectivity index (χ0) is 53.8. The van der Waals surface area contributed by atoms with Crippen molar-refractivity contribution in [2.75, 3.05) is 110 Å². The first kappa shape index (κ1) is 61.7. The van der Waals surface area contributed by atoms with Crippen molar-refractivity contribution in [1.29, 1.82) is 0 Å². The Labute approximate surface area is 414 Å². The quantitative estimate of drug-likeness (QED) is 0.108. The van der Waals surface area contributed by atoms with E-state index in [1.807, 2.05) is 0 Å². The number of carbonyl (C=O) groups excluding carboxylic acids is 16. The number of rotatable bonds is 1. The summed E-state index contributed by atoms with van der Waals surface area (Å²) in [4.78, 5) is 204. The highest BCUT2D eigenvalue weighted by atomic mass is 33.1. The van der Waals surface area contributed by atoms with E-state index in [-0.39, 0.29) is 17.9 Å². The maximum Gasteiger partial charge on any atom is 0.327 e. The molecule has 1 fully saturated rings. The van der Waals surface area contributed by atoms with Crippen LogP contribution in [0.1, 0.15) is 6.42 Å². The monoisotopic (exact) mass is 1060 g/mol. The normalized spacial score (nSPS) is 20.5. The van der Waals surface area contributed by atoms with Gasteiger partial charge in [0.05, 0.1) is 98.2 Å². The van der Waals surface area contributed by atoms with Gasteiger partial charge in [0, 0.05) is 17.9 Å². The fraction of sp³-hybridized carbons (Fsp3) is 0.528. The molecule has 16 amide bonds. The van der Waals surface area contributed by atoms with E-state index in [1.165, 1.54) is 0 Å².